The summed E-state index contributed by atoms with van der Waals surface area (Å²) in [4.78, 5) is 16.2. The van der Waals surface area contributed by atoms with Crippen LogP contribution in [0, 0.1) is 6.92 Å². The van der Waals surface area contributed by atoms with Crippen LogP contribution in [0.3, 0.4) is 0 Å². The van der Waals surface area contributed by atoms with Gasteiger partial charge >= 0.3 is 6.18 Å². The first kappa shape index (κ1) is 17.7. The van der Waals surface area contributed by atoms with Gasteiger partial charge in [-0.15, -0.1) is 0 Å². The molecule has 26 heavy (non-hydrogen) atoms. The molecule has 0 aliphatic heterocycles. The van der Waals surface area contributed by atoms with E-state index in [1.165, 1.54) is 0 Å². The third-order valence-corrected chi connectivity index (χ3v) is 3.62. The van der Waals surface area contributed by atoms with E-state index in [-0.39, 0.29) is 18.0 Å². The van der Waals surface area contributed by atoms with E-state index in [9.17, 15) is 18.0 Å². The summed E-state index contributed by atoms with van der Waals surface area (Å²) in [5, 5.41) is 6.39. The fraction of sp³-hybridized carbons (Fsp3) is 0.167. The number of carbonyl (C=O) groups excluding carboxylic acids is 1. The zero-order valence-corrected chi connectivity index (χ0v) is 13.7. The molecule has 1 heterocycles. The zero-order valence-electron chi connectivity index (χ0n) is 13.7. The zero-order chi connectivity index (χ0) is 18.7. The molecule has 0 unspecified atom stereocenters. The molecule has 1 aromatic heterocycles. The number of alkyl halides is 3. The minimum Gasteiger partial charge on any atom is -0.343 e. The molecular formula is C18H14F3N3O2. The van der Waals surface area contributed by atoms with Crippen LogP contribution in [0.5, 0.6) is 0 Å². The summed E-state index contributed by atoms with van der Waals surface area (Å²) in [6.07, 6.45) is -4.44. The van der Waals surface area contributed by atoms with Crippen LogP contribution < -0.4 is 5.32 Å². The van der Waals surface area contributed by atoms with Crippen molar-refractivity contribution in [3.8, 4) is 11.4 Å². The first-order valence-electron chi connectivity index (χ1n) is 7.68. The van der Waals surface area contributed by atoms with Crippen molar-refractivity contribution in [3.05, 3.63) is 71.1 Å². The third-order valence-electron chi connectivity index (χ3n) is 3.62. The summed E-state index contributed by atoms with van der Waals surface area (Å²) in [5.41, 5.74) is 1.13. The molecule has 0 atom stereocenters. The van der Waals surface area contributed by atoms with Crippen molar-refractivity contribution in [3.63, 3.8) is 0 Å². The molecule has 134 valence electrons. The van der Waals surface area contributed by atoms with Crippen LogP contribution in [0.25, 0.3) is 11.4 Å². The van der Waals surface area contributed by atoms with E-state index in [1.54, 1.807) is 0 Å². The standard InChI is InChI=1S/C18H14F3N3O2/c1-11-3-2-4-13(9-11)16-23-15(26-24-16)10-22-17(25)12-5-7-14(8-6-12)18(19,20)21/h2-9H,10H2,1H3,(H,22,25). The second kappa shape index (κ2) is 6.99. The maximum atomic E-state index is 12.5. The summed E-state index contributed by atoms with van der Waals surface area (Å²) in [6, 6.07) is 11.5. The second-order valence-electron chi connectivity index (χ2n) is 5.64. The Morgan fingerprint density at radius 2 is 1.88 bits per heavy atom. The number of nitrogens with one attached hydrogen (secondary N) is 1. The molecule has 0 radical (unpaired) electrons. The number of nitrogens with zero attached hydrogens (tertiary/aromatic N) is 2. The van der Waals surface area contributed by atoms with Crippen molar-refractivity contribution < 1.29 is 22.5 Å². The minimum absolute atomic E-state index is 0.0291. The molecule has 0 fully saturated rings. The van der Waals surface area contributed by atoms with Gasteiger partial charge in [0.15, 0.2) is 0 Å². The average molecular weight is 361 g/mol. The SMILES string of the molecule is Cc1cccc(-c2noc(CNC(=O)c3ccc(C(F)(F)F)cc3)n2)c1. The quantitative estimate of drug-likeness (QED) is 0.763. The smallest absolute Gasteiger partial charge is 0.343 e. The molecule has 8 heteroatoms. The van der Waals surface area contributed by atoms with Gasteiger partial charge in [0.05, 0.1) is 12.1 Å². The lowest BCUT2D eigenvalue weighted by molar-refractivity contribution is -0.137. The highest BCUT2D eigenvalue weighted by Crippen LogP contribution is 2.29. The number of benzene rings is 2. The third kappa shape index (κ3) is 4.08. The van der Waals surface area contributed by atoms with Crippen LogP contribution in [0.15, 0.2) is 53.1 Å². The van der Waals surface area contributed by atoms with Gasteiger partial charge in [0.1, 0.15) is 0 Å². The molecule has 2 aromatic carbocycles. The Bertz CT molecular complexity index is 918. The van der Waals surface area contributed by atoms with Gasteiger partial charge < -0.3 is 9.84 Å². The van der Waals surface area contributed by atoms with Crippen LogP contribution in [-0.2, 0) is 12.7 Å². The van der Waals surface area contributed by atoms with E-state index in [0.717, 1.165) is 35.4 Å². The molecule has 0 aliphatic carbocycles. The number of hydrogen-bond donors (Lipinski definition) is 1. The Morgan fingerprint density at radius 3 is 2.54 bits per heavy atom. The van der Waals surface area contributed by atoms with Crippen molar-refractivity contribution in [2.45, 2.75) is 19.6 Å². The molecule has 0 aliphatic rings. The first-order chi connectivity index (χ1) is 12.3. The van der Waals surface area contributed by atoms with Crippen LogP contribution >= 0.6 is 0 Å². The van der Waals surface area contributed by atoms with Crippen molar-refractivity contribution >= 4 is 5.91 Å². The van der Waals surface area contributed by atoms with Gasteiger partial charge in [0.2, 0.25) is 11.7 Å². The van der Waals surface area contributed by atoms with Crippen LogP contribution in [0.4, 0.5) is 13.2 Å². The fourth-order valence-electron chi connectivity index (χ4n) is 2.30. The van der Waals surface area contributed by atoms with Gasteiger partial charge in [-0.25, -0.2) is 0 Å². The van der Waals surface area contributed by atoms with Gasteiger partial charge in [-0.1, -0.05) is 28.9 Å². The summed E-state index contributed by atoms with van der Waals surface area (Å²) >= 11 is 0. The van der Waals surface area contributed by atoms with Crippen LogP contribution in [0.1, 0.15) is 27.4 Å². The van der Waals surface area contributed by atoms with Crippen LogP contribution in [-0.4, -0.2) is 16.0 Å². The Kier molecular flexibility index (Phi) is 4.75. The Morgan fingerprint density at radius 1 is 1.15 bits per heavy atom. The maximum Gasteiger partial charge on any atom is 0.416 e. The number of rotatable bonds is 4. The number of aromatic nitrogens is 2. The highest BCUT2D eigenvalue weighted by atomic mass is 19.4. The van der Waals surface area contributed by atoms with E-state index in [4.69, 9.17) is 4.52 Å². The predicted molar refractivity (Wildman–Crippen MR) is 87.1 cm³/mol. The Hall–Kier alpha value is -3.16. The van der Waals surface area contributed by atoms with Gasteiger partial charge in [-0.2, -0.15) is 18.2 Å². The molecule has 5 nitrogen and oxygen atoms in total. The van der Waals surface area contributed by atoms with Gasteiger partial charge in [0.25, 0.3) is 5.91 Å². The van der Waals surface area contributed by atoms with Crippen LogP contribution in [0.2, 0.25) is 0 Å². The topological polar surface area (TPSA) is 68.0 Å². The molecular weight excluding hydrogens is 347 g/mol. The van der Waals surface area contributed by atoms with E-state index in [2.05, 4.69) is 15.5 Å². The normalized spacial score (nSPS) is 11.4. The lowest BCUT2D eigenvalue weighted by atomic mass is 10.1. The summed E-state index contributed by atoms with van der Waals surface area (Å²) < 4.78 is 42.7. The fourth-order valence-corrected chi connectivity index (χ4v) is 2.30. The number of halogens is 3. The molecule has 0 bridgehead atoms. The molecule has 0 spiro atoms. The maximum absolute atomic E-state index is 12.5. The number of hydrogen-bond acceptors (Lipinski definition) is 4. The Labute approximate surface area is 146 Å². The number of amides is 1. The largest absolute Gasteiger partial charge is 0.416 e. The first-order valence-corrected chi connectivity index (χ1v) is 7.68. The average Bonchev–Trinajstić information content (AvgIpc) is 3.08. The van der Waals surface area contributed by atoms with Crippen molar-refractivity contribution in [1.29, 1.82) is 0 Å². The lowest BCUT2D eigenvalue weighted by Crippen LogP contribution is -2.23. The molecule has 0 saturated heterocycles. The van der Waals surface area contributed by atoms with E-state index < -0.39 is 17.6 Å². The molecule has 3 aromatic rings. The highest BCUT2D eigenvalue weighted by molar-refractivity contribution is 5.94. The van der Waals surface area contributed by atoms with E-state index >= 15 is 0 Å². The molecule has 1 amide bonds. The summed E-state index contributed by atoms with van der Waals surface area (Å²) in [5.74, 6) is 0.0586. The van der Waals surface area contributed by atoms with Crippen molar-refractivity contribution in [2.75, 3.05) is 0 Å². The Balaban J connectivity index is 1.63. The molecule has 0 saturated carbocycles. The number of aryl methyl sites for hydroxylation is 1. The van der Waals surface area contributed by atoms with E-state index in [0.29, 0.717) is 5.82 Å². The van der Waals surface area contributed by atoms with Crippen molar-refractivity contribution in [1.82, 2.24) is 15.5 Å². The second-order valence-corrected chi connectivity index (χ2v) is 5.64. The van der Waals surface area contributed by atoms with Crippen molar-refractivity contribution in [2.24, 2.45) is 0 Å². The van der Waals surface area contributed by atoms with Gasteiger partial charge in [-0.3, -0.25) is 4.79 Å². The minimum atomic E-state index is -4.44. The van der Waals surface area contributed by atoms with Gasteiger partial charge in [0, 0.05) is 11.1 Å². The highest BCUT2D eigenvalue weighted by Gasteiger charge is 2.30. The lowest BCUT2D eigenvalue weighted by Gasteiger charge is -2.07. The monoisotopic (exact) mass is 361 g/mol. The number of carbonyl (C=O) groups is 1. The predicted octanol–water partition coefficient (Wildman–Crippen LogP) is 3.99. The molecule has 3 rings (SSSR count). The van der Waals surface area contributed by atoms with Gasteiger partial charge in [-0.05, 0) is 37.3 Å². The summed E-state index contributed by atoms with van der Waals surface area (Å²) in [7, 11) is 0. The summed E-state index contributed by atoms with van der Waals surface area (Å²) in [6.45, 7) is 1.91. The van der Waals surface area contributed by atoms with E-state index in [1.807, 2.05) is 31.2 Å². The molecule has 1 N–H and O–H groups in total.